The van der Waals surface area contributed by atoms with Crippen molar-refractivity contribution >= 4 is 16.8 Å². The van der Waals surface area contributed by atoms with Gasteiger partial charge in [0.2, 0.25) is 0 Å². The average Bonchev–Trinajstić information content (AvgIpc) is 3.35. The average molecular weight is 310 g/mol. The Bertz CT molecular complexity index is 732. The molecule has 0 amide bonds. The van der Waals surface area contributed by atoms with Crippen LogP contribution in [0, 0.1) is 5.92 Å². The Kier molecular flexibility index (Phi) is 3.72. The van der Waals surface area contributed by atoms with E-state index in [1.165, 1.54) is 16.3 Å². The van der Waals surface area contributed by atoms with Gasteiger partial charge in [0.15, 0.2) is 0 Å². The largest absolute Gasteiger partial charge is 0.378 e. The van der Waals surface area contributed by atoms with Crippen molar-refractivity contribution in [1.29, 1.82) is 0 Å². The monoisotopic (exact) mass is 310 g/mol. The van der Waals surface area contributed by atoms with E-state index >= 15 is 0 Å². The zero-order chi connectivity index (χ0) is 15.9. The van der Waals surface area contributed by atoms with Crippen LogP contribution in [0.1, 0.15) is 12.5 Å². The molecule has 120 valence electrons. The van der Waals surface area contributed by atoms with Gasteiger partial charge in [0, 0.05) is 13.0 Å². The van der Waals surface area contributed by atoms with Gasteiger partial charge in [0.1, 0.15) is 11.7 Å². The molecule has 2 saturated heterocycles. The number of rotatable bonds is 3. The molecule has 23 heavy (non-hydrogen) atoms. The second-order valence-corrected chi connectivity index (χ2v) is 6.60. The van der Waals surface area contributed by atoms with E-state index in [4.69, 9.17) is 14.2 Å². The Hall–Kier alpha value is -1.68. The molecular weight excluding hydrogens is 288 g/mol. The normalized spacial score (nSPS) is 33.6. The molecule has 3 heteroatoms. The van der Waals surface area contributed by atoms with Crippen molar-refractivity contribution in [2.75, 3.05) is 20.3 Å². The number of epoxide rings is 1. The Balaban J connectivity index is 1.58. The van der Waals surface area contributed by atoms with Crippen LogP contribution in [-0.4, -0.2) is 38.1 Å². The van der Waals surface area contributed by atoms with E-state index in [1.54, 1.807) is 7.11 Å². The number of methoxy groups -OCH3 is 1. The molecule has 2 aromatic carbocycles. The molecule has 2 heterocycles. The summed E-state index contributed by atoms with van der Waals surface area (Å²) in [6.45, 7) is 3.57. The molecule has 0 aromatic heterocycles. The summed E-state index contributed by atoms with van der Waals surface area (Å²) in [7, 11) is 1.76. The topological polar surface area (TPSA) is 31.0 Å². The Morgan fingerprint density at radius 1 is 1.17 bits per heavy atom. The van der Waals surface area contributed by atoms with Gasteiger partial charge in [0.25, 0.3) is 0 Å². The molecule has 0 radical (unpaired) electrons. The molecule has 0 saturated carbocycles. The molecule has 2 aliphatic rings. The maximum atomic E-state index is 6.02. The fourth-order valence-electron chi connectivity index (χ4n) is 3.70. The third-order valence-corrected chi connectivity index (χ3v) is 4.99. The minimum absolute atomic E-state index is 0.0462. The van der Waals surface area contributed by atoms with Gasteiger partial charge in [-0.1, -0.05) is 55.5 Å². The fraction of sp³-hybridized carbons (Fsp3) is 0.400. The van der Waals surface area contributed by atoms with Crippen LogP contribution in [0.15, 0.2) is 48.5 Å². The van der Waals surface area contributed by atoms with E-state index < -0.39 is 0 Å². The molecule has 3 nitrogen and oxygen atoms in total. The Labute approximate surface area is 136 Å². The first kappa shape index (κ1) is 14.9. The zero-order valence-corrected chi connectivity index (χ0v) is 13.6. The van der Waals surface area contributed by atoms with Gasteiger partial charge in [0.05, 0.1) is 19.3 Å². The van der Waals surface area contributed by atoms with Crippen LogP contribution in [-0.2, 0) is 14.2 Å². The van der Waals surface area contributed by atoms with Gasteiger partial charge in [-0.2, -0.15) is 0 Å². The van der Waals surface area contributed by atoms with Gasteiger partial charge in [-0.15, -0.1) is 0 Å². The van der Waals surface area contributed by atoms with Crippen molar-refractivity contribution in [3.05, 3.63) is 54.1 Å². The fourth-order valence-corrected chi connectivity index (χ4v) is 3.70. The SMILES string of the molecule is CO[C@H]1[C@@H](C)CO[C@@H](/C=C/c2ccc3ccccc3c2)[C@]12CO2. The summed E-state index contributed by atoms with van der Waals surface area (Å²) in [5.74, 6) is 0.354. The zero-order valence-electron chi connectivity index (χ0n) is 13.6. The number of fused-ring (bicyclic) bond motifs is 1. The number of ether oxygens (including phenoxy) is 3. The second-order valence-electron chi connectivity index (χ2n) is 6.60. The molecule has 2 aromatic rings. The summed E-state index contributed by atoms with van der Waals surface area (Å²) < 4.78 is 17.5. The molecule has 0 bridgehead atoms. The quantitative estimate of drug-likeness (QED) is 0.811. The molecule has 0 N–H and O–H groups in total. The van der Waals surface area contributed by atoms with Crippen LogP contribution in [0.2, 0.25) is 0 Å². The van der Waals surface area contributed by atoms with Gasteiger partial charge >= 0.3 is 0 Å². The van der Waals surface area contributed by atoms with Crippen LogP contribution in [0.4, 0.5) is 0 Å². The van der Waals surface area contributed by atoms with Crippen molar-refractivity contribution in [3.63, 3.8) is 0 Å². The summed E-state index contributed by atoms with van der Waals surface area (Å²) in [5, 5.41) is 2.51. The predicted molar refractivity (Wildman–Crippen MR) is 91.4 cm³/mol. The van der Waals surface area contributed by atoms with Gasteiger partial charge in [-0.05, 0) is 22.4 Å². The van der Waals surface area contributed by atoms with E-state index in [0.717, 1.165) is 0 Å². The lowest BCUT2D eigenvalue weighted by Gasteiger charge is -2.38. The van der Waals surface area contributed by atoms with Gasteiger partial charge < -0.3 is 14.2 Å². The first-order valence-electron chi connectivity index (χ1n) is 8.18. The second kappa shape index (κ2) is 5.75. The molecule has 0 unspecified atom stereocenters. The van der Waals surface area contributed by atoms with Gasteiger partial charge in [-0.25, -0.2) is 0 Å². The van der Waals surface area contributed by atoms with Crippen molar-refractivity contribution in [1.82, 2.24) is 0 Å². The molecule has 4 rings (SSSR count). The van der Waals surface area contributed by atoms with E-state index in [2.05, 4.69) is 61.5 Å². The summed E-state index contributed by atoms with van der Waals surface area (Å²) in [6, 6.07) is 14.9. The molecule has 2 fully saturated rings. The Morgan fingerprint density at radius 2 is 1.96 bits per heavy atom. The number of benzene rings is 2. The maximum absolute atomic E-state index is 6.02. The van der Waals surface area contributed by atoms with Crippen LogP contribution in [0.25, 0.3) is 16.8 Å². The summed E-state index contributed by atoms with van der Waals surface area (Å²) in [4.78, 5) is 0. The highest BCUT2D eigenvalue weighted by Crippen LogP contribution is 2.44. The van der Waals surface area contributed by atoms with Crippen molar-refractivity contribution in [2.24, 2.45) is 5.92 Å². The van der Waals surface area contributed by atoms with Crippen LogP contribution in [0.5, 0.6) is 0 Å². The van der Waals surface area contributed by atoms with Gasteiger partial charge in [-0.3, -0.25) is 0 Å². The van der Waals surface area contributed by atoms with E-state index in [9.17, 15) is 0 Å². The Morgan fingerprint density at radius 3 is 2.70 bits per heavy atom. The lowest BCUT2D eigenvalue weighted by molar-refractivity contribution is -0.130. The smallest absolute Gasteiger partial charge is 0.147 e. The summed E-state index contributed by atoms with van der Waals surface area (Å²) in [5.41, 5.74) is 0.885. The molecule has 2 aliphatic heterocycles. The van der Waals surface area contributed by atoms with Crippen molar-refractivity contribution in [2.45, 2.75) is 24.7 Å². The third-order valence-electron chi connectivity index (χ3n) is 4.99. The molecule has 4 atom stereocenters. The highest BCUT2D eigenvalue weighted by Gasteiger charge is 2.61. The van der Waals surface area contributed by atoms with Crippen molar-refractivity contribution < 1.29 is 14.2 Å². The van der Waals surface area contributed by atoms with E-state index in [0.29, 0.717) is 19.1 Å². The van der Waals surface area contributed by atoms with Crippen LogP contribution >= 0.6 is 0 Å². The lowest BCUT2D eigenvalue weighted by atomic mass is 9.85. The summed E-state index contributed by atoms with van der Waals surface area (Å²) >= 11 is 0. The molecule has 0 aliphatic carbocycles. The lowest BCUT2D eigenvalue weighted by Crippen LogP contribution is -2.52. The summed E-state index contributed by atoms with van der Waals surface area (Å²) in [6.07, 6.45) is 4.30. The first-order valence-corrected chi connectivity index (χ1v) is 8.18. The van der Waals surface area contributed by atoms with Crippen LogP contribution < -0.4 is 0 Å². The maximum Gasteiger partial charge on any atom is 0.147 e. The third kappa shape index (κ3) is 2.59. The molecule has 1 spiro atoms. The number of hydrogen-bond donors (Lipinski definition) is 0. The predicted octanol–water partition coefficient (Wildman–Crippen LogP) is 3.67. The number of hydrogen-bond acceptors (Lipinski definition) is 3. The highest BCUT2D eigenvalue weighted by molar-refractivity contribution is 5.84. The van der Waals surface area contributed by atoms with E-state index in [-0.39, 0.29) is 17.8 Å². The van der Waals surface area contributed by atoms with Crippen LogP contribution in [0.3, 0.4) is 0 Å². The molecular formula is C20H22O3. The minimum atomic E-state index is -0.292. The van der Waals surface area contributed by atoms with Crippen molar-refractivity contribution in [3.8, 4) is 0 Å². The minimum Gasteiger partial charge on any atom is -0.378 e. The highest BCUT2D eigenvalue weighted by atomic mass is 16.7. The van der Waals surface area contributed by atoms with E-state index in [1.807, 2.05) is 0 Å². The first-order chi connectivity index (χ1) is 11.2. The standard InChI is InChI=1S/C20H22O3/c1-14-12-22-18(20(13-23-20)19(14)21-2)10-8-15-7-9-16-5-3-4-6-17(16)11-15/h3-11,14,18-19H,12-13H2,1-2H3/b10-8+/t14-,18-,19-,20+/m0/s1.